The van der Waals surface area contributed by atoms with E-state index in [4.69, 9.17) is 5.73 Å². The minimum Gasteiger partial charge on any atom is -0.330 e. The second kappa shape index (κ2) is 6.38. The molecule has 2 rings (SSSR count). The van der Waals surface area contributed by atoms with Crippen LogP contribution in [0.15, 0.2) is 0 Å². The lowest BCUT2D eigenvalue weighted by Crippen LogP contribution is -2.42. The quantitative estimate of drug-likeness (QED) is 0.681. The Morgan fingerprint density at radius 1 is 0.944 bits per heavy atom. The Bertz CT molecular complexity index is 234. The van der Waals surface area contributed by atoms with Crippen molar-refractivity contribution in [1.82, 2.24) is 5.32 Å². The van der Waals surface area contributed by atoms with Gasteiger partial charge in [-0.3, -0.25) is 0 Å². The van der Waals surface area contributed by atoms with Crippen molar-refractivity contribution in [1.29, 1.82) is 0 Å². The molecule has 2 fully saturated rings. The number of nitrogens with two attached hydrogens (primary N) is 1. The van der Waals surface area contributed by atoms with Gasteiger partial charge in [-0.05, 0) is 62.4 Å². The van der Waals surface area contributed by atoms with Crippen molar-refractivity contribution in [2.24, 2.45) is 16.6 Å². The molecule has 0 heterocycles. The lowest BCUT2D eigenvalue weighted by Gasteiger charge is -2.42. The smallest absolute Gasteiger partial charge is 0.000771 e. The summed E-state index contributed by atoms with van der Waals surface area (Å²) in [7, 11) is 0. The molecular weight excluding hydrogens is 220 g/mol. The van der Waals surface area contributed by atoms with Crippen molar-refractivity contribution in [3.8, 4) is 0 Å². The monoisotopic (exact) mass is 252 g/mol. The molecule has 2 nitrogen and oxygen atoms in total. The van der Waals surface area contributed by atoms with Crippen molar-refractivity contribution in [3.63, 3.8) is 0 Å². The lowest BCUT2D eigenvalue weighted by atomic mass is 9.67. The summed E-state index contributed by atoms with van der Waals surface area (Å²) >= 11 is 0. The predicted octanol–water partition coefficient (Wildman–Crippen LogP) is 3.46. The highest BCUT2D eigenvalue weighted by Crippen LogP contribution is 2.43. The van der Waals surface area contributed by atoms with Gasteiger partial charge in [0.1, 0.15) is 0 Å². The van der Waals surface area contributed by atoms with Crippen molar-refractivity contribution in [2.75, 3.05) is 19.6 Å². The van der Waals surface area contributed by atoms with Crippen molar-refractivity contribution < 1.29 is 0 Å². The Kier molecular flexibility index (Phi) is 5.08. The summed E-state index contributed by atoms with van der Waals surface area (Å²) in [6.07, 6.45) is 13.9. The van der Waals surface area contributed by atoms with Crippen LogP contribution in [-0.4, -0.2) is 19.6 Å². The van der Waals surface area contributed by atoms with Gasteiger partial charge in [-0.1, -0.05) is 32.6 Å². The normalized spacial score (nSPS) is 25.7. The van der Waals surface area contributed by atoms with E-state index in [1.807, 2.05) is 0 Å². The molecular formula is C16H32N2. The molecule has 2 aliphatic carbocycles. The average molecular weight is 252 g/mol. The van der Waals surface area contributed by atoms with Gasteiger partial charge >= 0.3 is 0 Å². The van der Waals surface area contributed by atoms with Gasteiger partial charge < -0.3 is 11.1 Å². The number of rotatable bonds is 7. The third kappa shape index (κ3) is 3.27. The minimum absolute atomic E-state index is 0.476. The maximum absolute atomic E-state index is 6.04. The van der Waals surface area contributed by atoms with Crippen LogP contribution < -0.4 is 11.1 Å². The van der Waals surface area contributed by atoms with Gasteiger partial charge in [0.05, 0.1) is 0 Å². The van der Waals surface area contributed by atoms with E-state index in [1.54, 1.807) is 0 Å². The van der Waals surface area contributed by atoms with E-state index in [0.717, 1.165) is 6.54 Å². The van der Waals surface area contributed by atoms with Crippen LogP contribution in [0.3, 0.4) is 0 Å². The Balaban J connectivity index is 1.67. The van der Waals surface area contributed by atoms with E-state index in [2.05, 4.69) is 12.2 Å². The molecule has 2 heteroatoms. The first kappa shape index (κ1) is 14.3. The van der Waals surface area contributed by atoms with Crippen LogP contribution in [0.2, 0.25) is 0 Å². The van der Waals surface area contributed by atoms with Gasteiger partial charge in [-0.2, -0.15) is 0 Å². The average Bonchev–Trinajstić information content (AvgIpc) is 2.38. The predicted molar refractivity (Wildman–Crippen MR) is 78.6 cm³/mol. The van der Waals surface area contributed by atoms with E-state index in [0.29, 0.717) is 10.8 Å². The molecule has 0 amide bonds. The van der Waals surface area contributed by atoms with Crippen LogP contribution in [0.1, 0.15) is 71.1 Å². The third-order valence-electron chi connectivity index (χ3n) is 5.84. The molecule has 0 atom stereocenters. The molecule has 2 aliphatic rings. The summed E-state index contributed by atoms with van der Waals surface area (Å²) in [6, 6.07) is 0. The van der Waals surface area contributed by atoms with Crippen LogP contribution in [0.25, 0.3) is 0 Å². The van der Waals surface area contributed by atoms with Crippen LogP contribution in [0, 0.1) is 10.8 Å². The highest BCUT2D eigenvalue weighted by molar-refractivity contribution is 4.89. The Morgan fingerprint density at radius 3 is 2.11 bits per heavy atom. The first-order valence-electron chi connectivity index (χ1n) is 8.15. The minimum atomic E-state index is 0.476. The van der Waals surface area contributed by atoms with Crippen LogP contribution in [-0.2, 0) is 0 Å². The topological polar surface area (TPSA) is 38.0 Å². The van der Waals surface area contributed by atoms with E-state index < -0.39 is 0 Å². The third-order valence-corrected chi connectivity index (χ3v) is 5.84. The number of hydrogen-bond acceptors (Lipinski definition) is 2. The maximum Gasteiger partial charge on any atom is 0.000771 e. The molecule has 0 bridgehead atoms. The fraction of sp³-hybridized carbons (Fsp3) is 1.00. The Labute approximate surface area is 113 Å². The number of hydrogen-bond donors (Lipinski definition) is 2. The second-order valence-electron chi connectivity index (χ2n) is 6.90. The molecule has 0 spiro atoms. The molecule has 106 valence electrons. The molecule has 0 aliphatic heterocycles. The second-order valence-corrected chi connectivity index (χ2v) is 6.90. The van der Waals surface area contributed by atoms with Gasteiger partial charge in [-0.15, -0.1) is 0 Å². The fourth-order valence-electron chi connectivity index (χ4n) is 3.90. The van der Waals surface area contributed by atoms with E-state index in [-0.39, 0.29) is 0 Å². The van der Waals surface area contributed by atoms with E-state index in [1.165, 1.54) is 77.3 Å². The van der Waals surface area contributed by atoms with Gasteiger partial charge in [0.15, 0.2) is 0 Å². The SMILES string of the molecule is CCC1(CNCCC2(CN)CCCCC2)CCC1. The van der Waals surface area contributed by atoms with Gasteiger partial charge in [-0.25, -0.2) is 0 Å². The molecule has 2 saturated carbocycles. The van der Waals surface area contributed by atoms with Crippen LogP contribution in [0.5, 0.6) is 0 Å². The summed E-state index contributed by atoms with van der Waals surface area (Å²) in [6.45, 7) is 5.67. The molecule has 0 saturated heterocycles. The maximum atomic E-state index is 6.04. The van der Waals surface area contributed by atoms with E-state index in [9.17, 15) is 0 Å². The highest BCUT2D eigenvalue weighted by Gasteiger charge is 2.35. The molecule has 3 N–H and O–H groups in total. The zero-order valence-electron chi connectivity index (χ0n) is 12.3. The molecule has 0 aromatic heterocycles. The van der Waals surface area contributed by atoms with Crippen molar-refractivity contribution in [3.05, 3.63) is 0 Å². The molecule has 0 unspecified atom stereocenters. The number of nitrogens with one attached hydrogen (secondary N) is 1. The Morgan fingerprint density at radius 2 is 1.61 bits per heavy atom. The largest absolute Gasteiger partial charge is 0.330 e. The zero-order valence-corrected chi connectivity index (χ0v) is 12.3. The summed E-state index contributed by atoms with van der Waals surface area (Å²) in [4.78, 5) is 0. The molecule has 18 heavy (non-hydrogen) atoms. The Hall–Kier alpha value is -0.0800. The summed E-state index contributed by atoms with van der Waals surface area (Å²) in [5, 5.41) is 3.73. The van der Waals surface area contributed by atoms with Crippen LogP contribution >= 0.6 is 0 Å². The standard InChI is InChI=1S/C16H32N2/c1-2-15(9-6-10-15)14-18-12-11-16(13-17)7-4-3-5-8-16/h18H,2-14,17H2,1H3. The first-order valence-corrected chi connectivity index (χ1v) is 8.15. The lowest BCUT2D eigenvalue weighted by molar-refractivity contribution is 0.118. The summed E-state index contributed by atoms with van der Waals surface area (Å²) in [5.41, 5.74) is 7.17. The molecule has 0 aromatic rings. The van der Waals surface area contributed by atoms with Gasteiger partial charge in [0.2, 0.25) is 0 Å². The first-order chi connectivity index (χ1) is 8.74. The molecule has 0 radical (unpaired) electrons. The zero-order chi connectivity index (χ0) is 12.9. The van der Waals surface area contributed by atoms with Gasteiger partial charge in [0, 0.05) is 6.54 Å². The summed E-state index contributed by atoms with van der Waals surface area (Å²) < 4.78 is 0. The highest BCUT2D eigenvalue weighted by atomic mass is 14.9. The van der Waals surface area contributed by atoms with E-state index >= 15 is 0 Å². The summed E-state index contributed by atoms with van der Waals surface area (Å²) in [5.74, 6) is 0. The van der Waals surface area contributed by atoms with Crippen LogP contribution in [0.4, 0.5) is 0 Å². The van der Waals surface area contributed by atoms with Crippen molar-refractivity contribution in [2.45, 2.75) is 71.1 Å². The molecule has 0 aromatic carbocycles. The van der Waals surface area contributed by atoms with Gasteiger partial charge in [0.25, 0.3) is 0 Å². The fourth-order valence-corrected chi connectivity index (χ4v) is 3.90. The van der Waals surface area contributed by atoms with Crippen molar-refractivity contribution >= 4 is 0 Å².